The minimum Gasteiger partial charge on any atom is -0.439 e. The highest BCUT2D eigenvalue weighted by atomic mass is 35.5. The van der Waals surface area contributed by atoms with Gasteiger partial charge in [0.25, 0.3) is 0 Å². The fourth-order valence-electron chi connectivity index (χ4n) is 1.54. The number of nitrogens with zero attached hydrogens (tertiary/aromatic N) is 3. The lowest BCUT2D eigenvalue weighted by Crippen LogP contribution is -2.22. The molecule has 0 fully saturated rings. The average molecular weight is 267 g/mol. The number of amides is 1. The van der Waals surface area contributed by atoms with Gasteiger partial charge in [0.05, 0.1) is 12.4 Å². The van der Waals surface area contributed by atoms with Gasteiger partial charge in [-0.2, -0.15) is 15.0 Å². The third-order valence-corrected chi connectivity index (χ3v) is 2.51. The van der Waals surface area contributed by atoms with Gasteiger partial charge >= 0.3 is 6.09 Å². The summed E-state index contributed by atoms with van der Waals surface area (Å²) >= 11 is 5.90. The van der Waals surface area contributed by atoms with Gasteiger partial charge in [0.1, 0.15) is 6.54 Å². The first-order chi connectivity index (χ1) is 8.65. The molecule has 1 aromatic carbocycles. The number of halogens is 1. The Bertz CT molecular complexity index is 530. The Morgan fingerprint density at radius 2 is 2.17 bits per heavy atom. The summed E-state index contributed by atoms with van der Waals surface area (Å²) in [6, 6.07) is 7.01. The molecule has 1 unspecified atom stereocenters. The fraction of sp³-hybridized carbons (Fsp3) is 0.182. The van der Waals surface area contributed by atoms with Gasteiger partial charge < -0.3 is 10.5 Å². The average Bonchev–Trinajstić information content (AvgIpc) is 2.80. The predicted molar refractivity (Wildman–Crippen MR) is 64.9 cm³/mol. The summed E-state index contributed by atoms with van der Waals surface area (Å²) in [6.07, 6.45) is 1.65. The van der Waals surface area contributed by atoms with E-state index >= 15 is 0 Å². The number of primary amides is 1. The SMILES string of the molecule is NC(=O)OC(Cn1nccn1)c1cccc(Cl)c1. The molecule has 6 nitrogen and oxygen atoms in total. The Morgan fingerprint density at radius 1 is 1.44 bits per heavy atom. The largest absolute Gasteiger partial charge is 0.439 e. The van der Waals surface area contributed by atoms with Crippen LogP contribution in [0.2, 0.25) is 5.02 Å². The van der Waals surface area contributed by atoms with E-state index in [-0.39, 0.29) is 6.54 Å². The highest BCUT2D eigenvalue weighted by Crippen LogP contribution is 2.22. The molecular formula is C11H11ClN4O2. The molecule has 1 atom stereocenters. The summed E-state index contributed by atoms with van der Waals surface area (Å²) in [5, 5.41) is 8.46. The smallest absolute Gasteiger partial charge is 0.405 e. The van der Waals surface area contributed by atoms with Crippen molar-refractivity contribution in [3.63, 3.8) is 0 Å². The third kappa shape index (κ3) is 3.21. The van der Waals surface area contributed by atoms with Crippen molar-refractivity contribution in [2.75, 3.05) is 0 Å². The van der Waals surface area contributed by atoms with Gasteiger partial charge in [-0.25, -0.2) is 4.79 Å². The van der Waals surface area contributed by atoms with E-state index in [4.69, 9.17) is 22.1 Å². The first-order valence-electron chi connectivity index (χ1n) is 5.21. The molecular weight excluding hydrogens is 256 g/mol. The summed E-state index contributed by atoms with van der Waals surface area (Å²) in [5.74, 6) is 0. The standard InChI is InChI=1S/C11H11ClN4O2/c12-9-3-1-2-8(6-9)10(18-11(13)17)7-16-14-4-5-15-16/h1-6,10H,7H2,(H2,13,17). The molecule has 0 aliphatic carbocycles. The van der Waals surface area contributed by atoms with Crippen LogP contribution in [-0.4, -0.2) is 21.1 Å². The molecule has 0 radical (unpaired) electrons. The minimum atomic E-state index is -0.855. The lowest BCUT2D eigenvalue weighted by atomic mass is 10.1. The lowest BCUT2D eigenvalue weighted by molar-refractivity contribution is 0.0904. The summed E-state index contributed by atoms with van der Waals surface area (Å²) in [5.41, 5.74) is 5.79. The Kier molecular flexibility index (Phi) is 3.78. The summed E-state index contributed by atoms with van der Waals surface area (Å²) in [4.78, 5) is 12.3. The van der Waals surface area contributed by atoms with Crippen LogP contribution < -0.4 is 5.73 Å². The molecule has 1 amide bonds. The van der Waals surface area contributed by atoms with Crippen LogP contribution in [0.3, 0.4) is 0 Å². The maximum atomic E-state index is 10.9. The number of hydrogen-bond donors (Lipinski definition) is 1. The van der Waals surface area contributed by atoms with Gasteiger partial charge in [-0.1, -0.05) is 23.7 Å². The highest BCUT2D eigenvalue weighted by Gasteiger charge is 2.17. The van der Waals surface area contributed by atoms with E-state index < -0.39 is 12.2 Å². The first kappa shape index (κ1) is 12.4. The monoisotopic (exact) mass is 266 g/mol. The normalized spacial score (nSPS) is 12.1. The number of nitrogens with two attached hydrogens (primary N) is 1. The van der Waals surface area contributed by atoms with E-state index in [1.807, 2.05) is 0 Å². The number of carbonyl (C=O) groups excluding carboxylic acids is 1. The number of benzene rings is 1. The molecule has 0 saturated heterocycles. The number of ether oxygens (including phenoxy) is 1. The second kappa shape index (κ2) is 5.50. The molecule has 0 saturated carbocycles. The van der Waals surface area contributed by atoms with Crippen LogP contribution >= 0.6 is 11.6 Å². The van der Waals surface area contributed by atoms with Crippen molar-refractivity contribution in [3.05, 3.63) is 47.2 Å². The molecule has 0 aliphatic rings. The van der Waals surface area contributed by atoms with Crippen LogP contribution in [-0.2, 0) is 11.3 Å². The van der Waals surface area contributed by atoms with Crippen LogP contribution in [0.15, 0.2) is 36.7 Å². The third-order valence-electron chi connectivity index (χ3n) is 2.27. The number of aromatic nitrogens is 3. The molecule has 0 spiro atoms. The van der Waals surface area contributed by atoms with Crippen molar-refractivity contribution in [1.82, 2.24) is 15.0 Å². The zero-order chi connectivity index (χ0) is 13.0. The van der Waals surface area contributed by atoms with Crippen molar-refractivity contribution >= 4 is 17.7 Å². The molecule has 0 bridgehead atoms. The van der Waals surface area contributed by atoms with Crippen LogP contribution in [0.5, 0.6) is 0 Å². The molecule has 18 heavy (non-hydrogen) atoms. The van der Waals surface area contributed by atoms with E-state index in [0.717, 1.165) is 5.56 Å². The van der Waals surface area contributed by atoms with Gasteiger partial charge in [-0.3, -0.25) is 0 Å². The summed E-state index contributed by atoms with van der Waals surface area (Å²) in [7, 11) is 0. The topological polar surface area (TPSA) is 83.0 Å². The van der Waals surface area contributed by atoms with Gasteiger partial charge in [-0.05, 0) is 17.7 Å². The Balaban J connectivity index is 2.21. The van der Waals surface area contributed by atoms with Crippen molar-refractivity contribution in [1.29, 1.82) is 0 Å². The fourth-order valence-corrected chi connectivity index (χ4v) is 1.74. The molecule has 0 aliphatic heterocycles. The highest BCUT2D eigenvalue weighted by molar-refractivity contribution is 6.30. The van der Waals surface area contributed by atoms with Crippen molar-refractivity contribution in [2.45, 2.75) is 12.6 Å². The maximum absolute atomic E-state index is 10.9. The maximum Gasteiger partial charge on any atom is 0.405 e. The van der Waals surface area contributed by atoms with Crippen molar-refractivity contribution in [2.24, 2.45) is 5.73 Å². The number of hydrogen-bond acceptors (Lipinski definition) is 4. The molecule has 1 heterocycles. The van der Waals surface area contributed by atoms with Crippen LogP contribution in [0.1, 0.15) is 11.7 Å². The molecule has 94 valence electrons. The Morgan fingerprint density at radius 3 is 2.78 bits per heavy atom. The van der Waals surface area contributed by atoms with Gasteiger partial charge in [0.15, 0.2) is 6.10 Å². The van der Waals surface area contributed by atoms with Crippen LogP contribution in [0, 0.1) is 0 Å². The summed E-state index contributed by atoms with van der Waals surface area (Å²) < 4.78 is 5.04. The van der Waals surface area contributed by atoms with Gasteiger partial charge in [0.2, 0.25) is 0 Å². The molecule has 2 aromatic rings. The predicted octanol–water partition coefficient (Wildman–Crippen LogP) is 1.77. The number of carbonyl (C=O) groups is 1. The second-order valence-corrected chi connectivity index (χ2v) is 4.00. The first-order valence-corrected chi connectivity index (χ1v) is 5.58. The quantitative estimate of drug-likeness (QED) is 0.914. The minimum absolute atomic E-state index is 0.274. The molecule has 2 N–H and O–H groups in total. The van der Waals surface area contributed by atoms with Crippen molar-refractivity contribution < 1.29 is 9.53 Å². The molecule has 1 aromatic heterocycles. The van der Waals surface area contributed by atoms with E-state index in [9.17, 15) is 4.79 Å². The van der Waals surface area contributed by atoms with Gasteiger partial charge in [0, 0.05) is 5.02 Å². The van der Waals surface area contributed by atoms with Crippen LogP contribution in [0.25, 0.3) is 0 Å². The summed E-state index contributed by atoms with van der Waals surface area (Å²) in [6.45, 7) is 0.274. The Hall–Kier alpha value is -2.08. The molecule has 2 rings (SSSR count). The Labute approximate surface area is 108 Å². The zero-order valence-corrected chi connectivity index (χ0v) is 10.1. The number of rotatable bonds is 4. The second-order valence-electron chi connectivity index (χ2n) is 3.56. The van der Waals surface area contributed by atoms with E-state index in [1.165, 1.54) is 4.80 Å². The van der Waals surface area contributed by atoms with Gasteiger partial charge in [-0.15, -0.1) is 0 Å². The lowest BCUT2D eigenvalue weighted by Gasteiger charge is -2.16. The van der Waals surface area contributed by atoms with E-state index in [0.29, 0.717) is 5.02 Å². The molecule has 7 heteroatoms. The van der Waals surface area contributed by atoms with E-state index in [2.05, 4.69) is 10.2 Å². The van der Waals surface area contributed by atoms with E-state index in [1.54, 1.807) is 36.7 Å². The van der Waals surface area contributed by atoms with Crippen LogP contribution in [0.4, 0.5) is 4.79 Å². The zero-order valence-electron chi connectivity index (χ0n) is 9.36. The van der Waals surface area contributed by atoms with Crippen molar-refractivity contribution in [3.8, 4) is 0 Å².